The molecule has 1 aromatic carbocycles. The molecule has 0 fully saturated rings. The van der Waals surface area contributed by atoms with E-state index < -0.39 is 0 Å². The van der Waals surface area contributed by atoms with Gasteiger partial charge in [-0.3, -0.25) is 9.58 Å². The smallest absolute Gasteiger partial charge is 0.0863 e. The average molecular weight is 305 g/mol. The number of hydrogen-bond acceptors (Lipinski definition) is 3. The lowest BCUT2D eigenvalue weighted by Gasteiger charge is -2.29. The lowest BCUT2D eigenvalue weighted by molar-refractivity contribution is 0.239. The minimum Gasteiger partial charge on any atom is -0.399 e. The third-order valence-corrected chi connectivity index (χ3v) is 4.63. The van der Waals surface area contributed by atoms with E-state index in [-0.39, 0.29) is 0 Å². The number of aromatic nitrogens is 2. The second kappa shape index (κ2) is 5.70. The van der Waals surface area contributed by atoms with Crippen LogP contribution in [0.15, 0.2) is 18.2 Å². The number of aryl methyl sites for hydroxylation is 2. The van der Waals surface area contributed by atoms with E-state index in [0.717, 1.165) is 54.6 Å². The van der Waals surface area contributed by atoms with Crippen LogP contribution in [0.3, 0.4) is 0 Å². The van der Waals surface area contributed by atoms with E-state index in [2.05, 4.69) is 29.1 Å². The second-order valence-electron chi connectivity index (χ2n) is 5.67. The Kier molecular flexibility index (Phi) is 3.91. The number of anilines is 1. The summed E-state index contributed by atoms with van der Waals surface area (Å²) in [4.78, 5) is 2.41. The molecule has 2 heterocycles. The zero-order valence-electron chi connectivity index (χ0n) is 12.6. The van der Waals surface area contributed by atoms with Gasteiger partial charge in [-0.25, -0.2) is 0 Å². The SMILES string of the molecule is CCc1nn(C)c(CN2CCc3ccc(N)cc3C2)c1Cl. The predicted octanol–water partition coefficient (Wildman–Crippen LogP) is 2.78. The van der Waals surface area contributed by atoms with Gasteiger partial charge in [-0.1, -0.05) is 24.6 Å². The fraction of sp³-hybridized carbons (Fsp3) is 0.438. The molecule has 0 saturated heterocycles. The summed E-state index contributed by atoms with van der Waals surface area (Å²) in [6.45, 7) is 4.87. The van der Waals surface area contributed by atoms with Crippen LogP contribution >= 0.6 is 11.6 Å². The molecule has 3 rings (SSSR count). The van der Waals surface area contributed by atoms with Gasteiger partial charge in [-0.05, 0) is 36.1 Å². The van der Waals surface area contributed by atoms with Crippen molar-refractivity contribution in [3.8, 4) is 0 Å². The number of halogens is 1. The molecular formula is C16H21ClN4. The highest BCUT2D eigenvalue weighted by Gasteiger charge is 2.20. The van der Waals surface area contributed by atoms with Crippen LogP contribution in [-0.4, -0.2) is 21.2 Å². The molecule has 0 saturated carbocycles. The van der Waals surface area contributed by atoms with Gasteiger partial charge >= 0.3 is 0 Å². The van der Waals surface area contributed by atoms with E-state index in [1.807, 2.05) is 17.8 Å². The Morgan fingerprint density at radius 2 is 2.14 bits per heavy atom. The summed E-state index contributed by atoms with van der Waals surface area (Å²) in [6, 6.07) is 6.22. The third-order valence-electron chi connectivity index (χ3n) is 4.20. The molecular weight excluding hydrogens is 284 g/mol. The van der Waals surface area contributed by atoms with Gasteiger partial charge in [0.2, 0.25) is 0 Å². The summed E-state index contributed by atoms with van der Waals surface area (Å²) >= 11 is 6.44. The molecule has 2 N–H and O–H groups in total. The Balaban J connectivity index is 1.80. The number of nitrogens with zero attached hydrogens (tertiary/aromatic N) is 3. The maximum absolute atomic E-state index is 6.44. The molecule has 4 nitrogen and oxygen atoms in total. The van der Waals surface area contributed by atoms with E-state index in [1.54, 1.807) is 0 Å². The highest BCUT2D eigenvalue weighted by atomic mass is 35.5. The van der Waals surface area contributed by atoms with E-state index >= 15 is 0 Å². The summed E-state index contributed by atoms with van der Waals surface area (Å²) < 4.78 is 1.91. The molecule has 2 aromatic rings. The van der Waals surface area contributed by atoms with Gasteiger partial charge in [0.05, 0.1) is 16.4 Å². The standard InChI is InChI=1S/C16H21ClN4/c1-3-14-16(17)15(20(2)19-14)10-21-7-6-11-4-5-13(18)8-12(11)9-21/h4-5,8H,3,6-7,9-10,18H2,1-2H3. The molecule has 1 aromatic heterocycles. The third kappa shape index (κ3) is 2.78. The van der Waals surface area contributed by atoms with E-state index in [4.69, 9.17) is 17.3 Å². The largest absolute Gasteiger partial charge is 0.399 e. The number of benzene rings is 1. The highest BCUT2D eigenvalue weighted by Crippen LogP contribution is 2.26. The maximum Gasteiger partial charge on any atom is 0.0863 e. The van der Waals surface area contributed by atoms with Gasteiger partial charge in [0, 0.05) is 32.4 Å². The van der Waals surface area contributed by atoms with Crippen LogP contribution in [0.25, 0.3) is 0 Å². The number of nitrogen functional groups attached to an aromatic ring is 1. The minimum absolute atomic E-state index is 0.818. The summed E-state index contributed by atoms with van der Waals surface area (Å²) in [7, 11) is 1.97. The second-order valence-corrected chi connectivity index (χ2v) is 6.05. The summed E-state index contributed by atoms with van der Waals surface area (Å²) in [6.07, 6.45) is 1.93. The lowest BCUT2D eigenvalue weighted by Crippen LogP contribution is -2.31. The van der Waals surface area contributed by atoms with Crippen LogP contribution in [-0.2, 0) is 33.0 Å². The normalized spacial score (nSPS) is 15.2. The van der Waals surface area contributed by atoms with Crippen molar-refractivity contribution in [3.05, 3.63) is 45.7 Å². The number of rotatable bonds is 3. The molecule has 1 aliphatic rings. The minimum atomic E-state index is 0.818. The molecule has 0 spiro atoms. The van der Waals surface area contributed by atoms with E-state index in [9.17, 15) is 0 Å². The Hall–Kier alpha value is -1.52. The summed E-state index contributed by atoms with van der Waals surface area (Å²) in [5.74, 6) is 0. The lowest BCUT2D eigenvalue weighted by atomic mass is 9.99. The first-order valence-electron chi connectivity index (χ1n) is 7.38. The van der Waals surface area contributed by atoms with Crippen molar-refractivity contribution in [2.75, 3.05) is 12.3 Å². The van der Waals surface area contributed by atoms with Gasteiger partial charge in [0.15, 0.2) is 0 Å². The van der Waals surface area contributed by atoms with Crippen molar-refractivity contribution in [2.45, 2.75) is 32.9 Å². The molecule has 112 valence electrons. The van der Waals surface area contributed by atoms with E-state index in [1.165, 1.54) is 11.1 Å². The fourth-order valence-corrected chi connectivity index (χ4v) is 3.33. The van der Waals surface area contributed by atoms with Crippen molar-refractivity contribution in [3.63, 3.8) is 0 Å². The molecule has 21 heavy (non-hydrogen) atoms. The molecule has 1 aliphatic heterocycles. The van der Waals surface area contributed by atoms with Gasteiger partial charge in [0.1, 0.15) is 0 Å². The quantitative estimate of drug-likeness (QED) is 0.887. The van der Waals surface area contributed by atoms with Gasteiger partial charge in [-0.2, -0.15) is 5.10 Å². The fourth-order valence-electron chi connectivity index (χ4n) is 2.97. The first-order valence-corrected chi connectivity index (χ1v) is 7.76. The topological polar surface area (TPSA) is 47.1 Å². The summed E-state index contributed by atoms with van der Waals surface area (Å²) in [5, 5.41) is 5.31. The van der Waals surface area contributed by atoms with Crippen molar-refractivity contribution in [1.29, 1.82) is 0 Å². The number of nitrogens with two attached hydrogens (primary N) is 1. The van der Waals surface area contributed by atoms with Gasteiger partial charge < -0.3 is 5.73 Å². The number of hydrogen-bond donors (Lipinski definition) is 1. The molecule has 0 atom stereocenters. The molecule has 5 heteroatoms. The van der Waals surface area contributed by atoms with Crippen molar-refractivity contribution >= 4 is 17.3 Å². The highest BCUT2D eigenvalue weighted by molar-refractivity contribution is 6.31. The number of fused-ring (bicyclic) bond motifs is 1. The Labute approximate surface area is 130 Å². The van der Waals surface area contributed by atoms with Crippen LogP contribution in [0.2, 0.25) is 5.02 Å². The Bertz CT molecular complexity index is 663. The van der Waals surface area contributed by atoms with Crippen molar-refractivity contribution in [1.82, 2.24) is 14.7 Å². The van der Waals surface area contributed by atoms with Crippen LogP contribution in [0.5, 0.6) is 0 Å². The molecule has 0 amide bonds. The summed E-state index contributed by atoms with van der Waals surface area (Å²) in [5.41, 5.74) is 11.5. The maximum atomic E-state index is 6.44. The molecule has 0 unspecified atom stereocenters. The van der Waals surface area contributed by atoms with Crippen LogP contribution in [0, 0.1) is 0 Å². The first kappa shape index (κ1) is 14.4. The average Bonchev–Trinajstić information content (AvgIpc) is 2.74. The zero-order valence-corrected chi connectivity index (χ0v) is 13.3. The molecule has 0 aliphatic carbocycles. The zero-order chi connectivity index (χ0) is 15.0. The Morgan fingerprint density at radius 3 is 2.86 bits per heavy atom. The molecule has 0 bridgehead atoms. The van der Waals surface area contributed by atoms with Crippen molar-refractivity contribution in [2.24, 2.45) is 7.05 Å². The van der Waals surface area contributed by atoms with Crippen LogP contribution in [0.4, 0.5) is 5.69 Å². The van der Waals surface area contributed by atoms with Gasteiger partial charge in [0.25, 0.3) is 0 Å². The van der Waals surface area contributed by atoms with Crippen LogP contribution in [0.1, 0.15) is 29.4 Å². The predicted molar refractivity (Wildman–Crippen MR) is 86.3 cm³/mol. The van der Waals surface area contributed by atoms with E-state index in [0.29, 0.717) is 0 Å². The first-order chi connectivity index (χ1) is 10.1. The molecule has 0 radical (unpaired) electrons. The Morgan fingerprint density at radius 1 is 1.33 bits per heavy atom. The van der Waals surface area contributed by atoms with Crippen molar-refractivity contribution < 1.29 is 0 Å². The van der Waals surface area contributed by atoms with Crippen LogP contribution < -0.4 is 5.73 Å². The monoisotopic (exact) mass is 304 g/mol. The van der Waals surface area contributed by atoms with Gasteiger partial charge in [-0.15, -0.1) is 0 Å².